The zero-order valence-electron chi connectivity index (χ0n) is 13.4. The van der Waals surface area contributed by atoms with Crippen LogP contribution in [0, 0.1) is 0 Å². The van der Waals surface area contributed by atoms with E-state index >= 15 is 0 Å². The van der Waals surface area contributed by atoms with Crippen LogP contribution in [-0.2, 0) is 11.2 Å². The standard InChI is InChI=1S/C15H16F3N5O/c1-4-10-5-7-11(8-6-10)23-14(19-20-21-23)12(9-22(2)3)13(24)15(16,17)18/h5-9H,4H2,1-3H3/b12-9+. The van der Waals surface area contributed by atoms with E-state index in [9.17, 15) is 18.0 Å². The topological polar surface area (TPSA) is 63.9 Å². The van der Waals surface area contributed by atoms with Crippen LogP contribution in [0.2, 0.25) is 0 Å². The molecule has 0 spiro atoms. The number of nitrogens with zero attached hydrogens (tertiary/aromatic N) is 5. The molecule has 0 amide bonds. The van der Waals surface area contributed by atoms with E-state index in [1.54, 1.807) is 12.1 Å². The predicted molar refractivity (Wildman–Crippen MR) is 81.3 cm³/mol. The van der Waals surface area contributed by atoms with Crippen LogP contribution in [0.1, 0.15) is 18.3 Å². The minimum absolute atomic E-state index is 0.268. The van der Waals surface area contributed by atoms with Gasteiger partial charge in [-0.15, -0.1) is 5.10 Å². The van der Waals surface area contributed by atoms with Gasteiger partial charge in [0.25, 0.3) is 5.78 Å². The third-order valence-corrected chi connectivity index (χ3v) is 3.19. The molecule has 1 heterocycles. The van der Waals surface area contributed by atoms with Gasteiger partial charge in [-0.2, -0.15) is 17.9 Å². The number of aromatic nitrogens is 4. The molecule has 0 saturated heterocycles. The van der Waals surface area contributed by atoms with E-state index in [4.69, 9.17) is 0 Å². The number of carbonyl (C=O) groups is 1. The zero-order valence-corrected chi connectivity index (χ0v) is 13.4. The van der Waals surface area contributed by atoms with Gasteiger partial charge in [-0.05, 0) is 34.5 Å². The maximum absolute atomic E-state index is 12.9. The van der Waals surface area contributed by atoms with Crippen molar-refractivity contribution in [2.24, 2.45) is 0 Å². The van der Waals surface area contributed by atoms with Gasteiger partial charge in [0.05, 0.1) is 11.3 Å². The van der Waals surface area contributed by atoms with Crippen molar-refractivity contribution in [1.29, 1.82) is 0 Å². The fourth-order valence-corrected chi connectivity index (χ4v) is 2.03. The van der Waals surface area contributed by atoms with E-state index < -0.39 is 17.5 Å². The first-order valence-electron chi connectivity index (χ1n) is 7.12. The molecular weight excluding hydrogens is 323 g/mol. The molecule has 0 aliphatic rings. The van der Waals surface area contributed by atoms with Crippen LogP contribution in [0.4, 0.5) is 13.2 Å². The summed E-state index contributed by atoms with van der Waals surface area (Å²) in [5.74, 6) is -2.27. The Kier molecular flexibility index (Phi) is 5.01. The minimum Gasteiger partial charge on any atom is -0.383 e. The molecule has 0 atom stereocenters. The molecule has 1 aromatic carbocycles. The van der Waals surface area contributed by atoms with Crippen molar-refractivity contribution in [3.05, 3.63) is 41.9 Å². The smallest absolute Gasteiger partial charge is 0.383 e. The largest absolute Gasteiger partial charge is 0.455 e. The first kappa shape index (κ1) is 17.6. The highest BCUT2D eigenvalue weighted by Gasteiger charge is 2.43. The second kappa shape index (κ2) is 6.81. The predicted octanol–water partition coefficient (Wildman–Crippen LogP) is 2.26. The van der Waals surface area contributed by atoms with Crippen molar-refractivity contribution in [1.82, 2.24) is 25.1 Å². The number of carbonyl (C=O) groups excluding carboxylic acids is 1. The summed E-state index contributed by atoms with van der Waals surface area (Å²) < 4.78 is 39.8. The van der Waals surface area contributed by atoms with Crippen LogP contribution in [0.3, 0.4) is 0 Å². The van der Waals surface area contributed by atoms with Crippen LogP contribution in [0.5, 0.6) is 0 Å². The lowest BCUT2D eigenvalue weighted by molar-refractivity contribution is -0.164. The molecule has 6 nitrogen and oxygen atoms in total. The zero-order chi connectivity index (χ0) is 17.9. The molecule has 0 unspecified atom stereocenters. The van der Waals surface area contributed by atoms with Gasteiger partial charge >= 0.3 is 6.18 Å². The molecular formula is C15H16F3N5O. The number of Topliss-reactive ketones (excluding diaryl/α,β-unsaturated/α-hetero) is 1. The second-order valence-corrected chi connectivity index (χ2v) is 5.27. The number of alkyl halides is 3. The number of aryl methyl sites for hydroxylation is 1. The van der Waals surface area contributed by atoms with E-state index in [0.29, 0.717) is 5.69 Å². The van der Waals surface area contributed by atoms with E-state index in [-0.39, 0.29) is 5.82 Å². The Balaban J connectivity index is 2.53. The van der Waals surface area contributed by atoms with E-state index in [2.05, 4.69) is 15.5 Å². The molecule has 2 rings (SSSR count). The highest BCUT2D eigenvalue weighted by molar-refractivity contribution is 6.22. The average molecular weight is 339 g/mol. The molecule has 0 fully saturated rings. The van der Waals surface area contributed by atoms with Gasteiger partial charge in [-0.1, -0.05) is 19.1 Å². The van der Waals surface area contributed by atoms with Crippen LogP contribution in [0.25, 0.3) is 11.3 Å². The summed E-state index contributed by atoms with van der Waals surface area (Å²) in [6, 6.07) is 7.01. The molecule has 0 saturated carbocycles. The van der Waals surface area contributed by atoms with Gasteiger partial charge in [0.15, 0.2) is 5.82 Å². The fourth-order valence-electron chi connectivity index (χ4n) is 2.03. The maximum atomic E-state index is 12.9. The molecule has 2 aromatic rings. The quantitative estimate of drug-likeness (QED) is 0.782. The molecule has 1 aromatic heterocycles. The van der Waals surface area contributed by atoms with Gasteiger partial charge in [0.2, 0.25) is 0 Å². The number of halogens is 3. The van der Waals surface area contributed by atoms with E-state index in [1.807, 2.05) is 19.1 Å². The molecule has 9 heteroatoms. The van der Waals surface area contributed by atoms with Crippen molar-refractivity contribution in [2.45, 2.75) is 19.5 Å². The number of hydrogen-bond acceptors (Lipinski definition) is 5. The maximum Gasteiger partial charge on any atom is 0.455 e. The van der Waals surface area contributed by atoms with Gasteiger partial charge in [0.1, 0.15) is 0 Å². The number of tetrazole rings is 1. The van der Waals surface area contributed by atoms with Crippen molar-refractivity contribution in [3.8, 4) is 5.69 Å². The van der Waals surface area contributed by atoms with Gasteiger partial charge in [-0.3, -0.25) is 4.79 Å². The molecule has 0 aliphatic heterocycles. The van der Waals surface area contributed by atoms with Crippen molar-refractivity contribution >= 4 is 11.4 Å². The number of rotatable bonds is 5. The summed E-state index contributed by atoms with van der Waals surface area (Å²) in [5, 5.41) is 10.7. The summed E-state index contributed by atoms with van der Waals surface area (Å²) in [6.07, 6.45) is -3.15. The minimum atomic E-state index is -5.02. The average Bonchev–Trinajstić information content (AvgIpc) is 3.00. The SMILES string of the molecule is CCc1ccc(-n2nnnc2/C(=C/N(C)C)C(=O)C(F)(F)F)cc1. The summed E-state index contributed by atoms with van der Waals surface area (Å²) in [7, 11) is 3.02. The molecule has 128 valence electrons. The highest BCUT2D eigenvalue weighted by atomic mass is 19.4. The van der Waals surface area contributed by atoms with Crippen LogP contribution in [-0.4, -0.2) is 51.2 Å². The van der Waals surface area contributed by atoms with E-state index in [1.165, 1.54) is 19.0 Å². The van der Waals surface area contributed by atoms with Crippen LogP contribution in [0.15, 0.2) is 30.5 Å². The Labute approximate surface area is 136 Å². The Morgan fingerprint density at radius 1 is 1.25 bits per heavy atom. The van der Waals surface area contributed by atoms with Crippen LogP contribution < -0.4 is 0 Å². The monoisotopic (exact) mass is 339 g/mol. The van der Waals surface area contributed by atoms with Gasteiger partial charge in [-0.25, -0.2) is 0 Å². The lowest BCUT2D eigenvalue weighted by atomic mass is 10.1. The number of benzene rings is 1. The Hall–Kier alpha value is -2.71. The fraction of sp³-hybridized carbons (Fsp3) is 0.333. The third-order valence-electron chi connectivity index (χ3n) is 3.19. The first-order valence-corrected chi connectivity index (χ1v) is 7.12. The molecule has 0 N–H and O–H groups in total. The summed E-state index contributed by atoms with van der Waals surface area (Å²) in [4.78, 5) is 13.1. The van der Waals surface area contributed by atoms with E-state index in [0.717, 1.165) is 22.9 Å². The summed E-state index contributed by atoms with van der Waals surface area (Å²) in [6.45, 7) is 1.98. The highest BCUT2D eigenvalue weighted by Crippen LogP contribution is 2.27. The lowest BCUT2D eigenvalue weighted by Gasteiger charge is -2.13. The Bertz CT molecular complexity index is 747. The summed E-state index contributed by atoms with van der Waals surface area (Å²) >= 11 is 0. The second-order valence-electron chi connectivity index (χ2n) is 5.27. The summed E-state index contributed by atoms with van der Waals surface area (Å²) in [5.41, 5.74) is 0.896. The molecule has 0 aliphatic carbocycles. The molecule has 0 bridgehead atoms. The third kappa shape index (κ3) is 3.79. The molecule has 0 radical (unpaired) electrons. The van der Waals surface area contributed by atoms with Crippen molar-refractivity contribution in [3.63, 3.8) is 0 Å². The number of ketones is 1. The van der Waals surface area contributed by atoms with Gasteiger partial charge in [0, 0.05) is 20.3 Å². The lowest BCUT2D eigenvalue weighted by Crippen LogP contribution is -2.26. The number of allylic oxidation sites excluding steroid dienone is 1. The Morgan fingerprint density at radius 3 is 2.38 bits per heavy atom. The normalized spacial score (nSPS) is 12.3. The van der Waals surface area contributed by atoms with Crippen molar-refractivity contribution < 1.29 is 18.0 Å². The van der Waals surface area contributed by atoms with Gasteiger partial charge < -0.3 is 4.90 Å². The van der Waals surface area contributed by atoms with Crippen LogP contribution >= 0.6 is 0 Å². The molecule has 24 heavy (non-hydrogen) atoms. The first-order chi connectivity index (χ1) is 11.2. The number of hydrogen-bond donors (Lipinski definition) is 0. The Morgan fingerprint density at radius 2 is 1.88 bits per heavy atom. The van der Waals surface area contributed by atoms with Crippen molar-refractivity contribution in [2.75, 3.05) is 14.1 Å².